The molecule has 2 aromatic heterocycles. The van der Waals surface area contributed by atoms with E-state index in [2.05, 4.69) is 35.9 Å². The van der Waals surface area contributed by atoms with Gasteiger partial charge < -0.3 is 9.72 Å². The molecular formula is C11H5BrClN5O3. The highest BCUT2D eigenvalue weighted by Gasteiger charge is 2.19. The SMILES string of the molecule is O=[N+]([O-])c1cc(Br)ccc1Oc1nc(Cl)nc2nc[nH]c12. The van der Waals surface area contributed by atoms with Gasteiger partial charge in [0.2, 0.25) is 16.9 Å². The Balaban J connectivity index is 2.10. The first-order valence-corrected chi connectivity index (χ1v) is 6.70. The van der Waals surface area contributed by atoms with Crippen molar-refractivity contribution in [3.8, 4) is 11.6 Å². The zero-order chi connectivity index (χ0) is 15.0. The lowest BCUT2D eigenvalue weighted by molar-refractivity contribution is -0.385. The van der Waals surface area contributed by atoms with E-state index in [4.69, 9.17) is 16.3 Å². The average Bonchev–Trinajstić information content (AvgIpc) is 2.88. The highest BCUT2D eigenvalue weighted by molar-refractivity contribution is 9.10. The maximum atomic E-state index is 11.1. The number of aromatic amines is 1. The monoisotopic (exact) mass is 369 g/mol. The molecule has 0 fully saturated rings. The Bertz CT molecular complexity index is 853. The predicted molar refractivity (Wildman–Crippen MR) is 77.6 cm³/mol. The van der Waals surface area contributed by atoms with Gasteiger partial charge in [-0.3, -0.25) is 10.1 Å². The standard InChI is InChI=1S/C11H5BrClN5O3/c12-5-1-2-7(6(3-5)18(19)20)21-10-8-9(15-4-14-8)16-11(13)17-10/h1-4H,(H,14,15,16,17). The average molecular weight is 371 g/mol. The van der Waals surface area contributed by atoms with E-state index in [1.807, 2.05) is 0 Å². The van der Waals surface area contributed by atoms with Gasteiger partial charge in [0.25, 0.3) is 0 Å². The van der Waals surface area contributed by atoms with Gasteiger partial charge >= 0.3 is 5.69 Å². The highest BCUT2D eigenvalue weighted by Crippen LogP contribution is 2.34. The number of aromatic nitrogens is 4. The molecule has 1 N–H and O–H groups in total. The van der Waals surface area contributed by atoms with Crippen molar-refractivity contribution in [1.82, 2.24) is 19.9 Å². The third kappa shape index (κ3) is 2.65. The van der Waals surface area contributed by atoms with Crippen LogP contribution in [0.3, 0.4) is 0 Å². The van der Waals surface area contributed by atoms with Gasteiger partial charge in [-0.25, -0.2) is 4.98 Å². The van der Waals surface area contributed by atoms with Gasteiger partial charge in [-0.2, -0.15) is 9.97 Å². The first-order chi connectivity index (χ1) is 10.0. The summed E-state index contributed by atoms with van der Waals surface area (Å²) in [5.41, 5.74) is 0.508. The van der Waals surface area contributed by atoms with Gasteiger partial charge in [0.05, 0.1) is 11.3 Å². The number of nitrogens with zero attached hydrogens (tertiary/aromatic N) is 4. The molecule has 0 amide bonds. The van der Waals surface area contributed by atoms with Crippen molar-refractivity contribution in [1.29, 1.82) is 0 Å². The Morgan fingerprint density at radius 1 is 1.38 bits per heavy atom. The molecular weight excluding hydrogens is 366 g/mol. The van der Waals surface area contributed by atoms with Crippen LogP contribution in [-0.2, 0) is 0 Å². The first-order valence-electron chi connectivity index (χ1n) is 5.53. The van der Waals surface area contributed by atoms with Gasteiger partial charge in [0.15, 0.2) is 5.65 Å². The number of fused-ring (bicyclic) bond motifs is 1. The molecule has 0 saturated carbocycles. The molecule has 8 nitrogen and oxygen atoms in total. The van der Waals surface area contributed by atoms with Crippen molar-refractivity contribution in [2.45, 2.75) is 0 Å². The number of H-pyrrole nitrogens is 1. The molecule has 10 heteroatoms. The van der Waals surface area contributed by atoms with Crippen LogP contribution in [0.15, 0.2) is 29.0 Å². The van der Waals surface area contributed by atoms with Gasteiger partial charge in [0, 0.05) is 10.5 Å². The van der Waals surface area contributed by atoms with Crippen molar-refractivity contribution in [3.05, 3.63) is 44.4 Å². The molecule has 106 valence electrons. The fraction of sp³-hybridized carbons (Fsp3) is 0. The van der Waals surface area contributed by atoms with Crippen LogP contribution >= 0.6 is 27.5 Å². The normalized spacial score (nSPS) is 10.8. The minimum absolute atomic E-state index is 0.0360. The maximum Gasteiger partial charge on any atom is 0.312 e. The number of hydrogen-bond donors (Lipinski definition) is 1. The Morgan fingerprint density at radius 2 is 2.19 bits per heavy atom. The number of nitro groups is 1. The van der Waals surface area contributed by atoms with Crippen LogP contribution in [-0.4, -0.2) is 24.9 Å². The Kier molecular flexibility index (Phi) is 3.43. The highest BCUT2D eigenvalue weighted by atomic mass is 79.9. The maximum absolute atomic E-state index is 11.1. The van der Waals surface area contributed by atoms with E-state index in [1.54, 1.807) is 6.07 Å². The zero-order valence-corrected chi connectivity index (χ0v) is 12.4. The molecule has 0 bridgehead atoms. The lowest BCUT2D eigenvalue weighted by Crippen LogP contribution is -1.96. The molecule has 3 aromatic rings. The van der Waals surface area contributed by atoms with Crippen molar-refractivity contribution < 1.29 is 9.66 Å². The smallest absolute Gasteiger partial charge is 0.312 e. The molecule has 0 saturated heterocycles. The van der Waals surface area contributed by atoms with E-state index in [1.165, 1.54) is 18.5 Å². The number of hydrogen-bond acceptors (Lipinski definition) is 6. The van der Waals surface area contributed by atoms with Crippen molar-refractivity contribution in [2.24, 2.45) is 0 Å². The Labute approximate surface area is 130 Å². The van der Waals surface area contributed by atoms with Crippen molar-refractivity contribution in [3.63, 3.8) is 0 Å². The van der Waals surface area contributed by atoms with Gasteiger partial charge in [-0.15, -0.1) is 0 Å². The Hall–Kier alpha value is -2.26. The molecule has 0 aliphatic heterocycles. The second-order valence-corrected chi connectivity index (χ2v) is 5.12. The second-order valence-electron chi connectivity index (χ2n) is 3.87. The summed E-state index contributed by atoms with van der Waals surface area (Å²) in [5, 5.41) is 11.0. The minimum Gasteiger partial charge on any atom is -0.430 e. The van der Waals surface area contributed by atoms with Gasteiger partial charge in [-0.05, 0) is 23.7 Å². The molecule has 0 atom stereocenters. The van der Waals surface area contributed by atoms with Crippen LogP contribution < -0.4 is 4.74 Å². The lowest BCUT2D eigenvalue weighted by atomic mass is 10.3. The van der Waals surface area contributed by atoms with Crippen LogP contribution in [0.25, 0.3) is 11.2 Å². The lowest BCUT2D eigenvalue weighted by Gasteiger charge is -2.06. The number of nitro benzene ring substituents is 1. The van der Waals surface area contributed by atoms with Crippen molar-refractivity contribution >= 4 is 44.4 Å². The summed E-state index contributed by atoms with van der Waals surface area (Å²) in [4.78, 5) is 25.1. The van der Waals surface area contributed by atoms with Crippen LogP contribution in [0.1, 0.15) is 0 Å². The molecule has 1 aromatic carbocycles. The first kappa shape index (κ1) is 13.7. The topological polar surface area (TPSA) is 107 Å². The van der Waals surface area contributed by atoms with Crippen LogP contribution in [0.4, 0.5) is 5.69 Å². The quantitative estimate of drug-likeness (QED) is 0.430. The molecule has 21 heavy (non-hydrogen) atoms. The van der Waals surface area contributed by atoms with Crippen LogP contribution in [0.5, 0.6) is 11.6 Å². The summed E-state index contributed by atoms with van der Waals surface area (Å²) in [7, 11) is 0. The summed E-state index contributed by atoms with van der Waals surface area (Å²) in [6.45, 7) is 0. The minimum atomic E-state index is -0.549. The fourth-order valence-electron chi connectivity index (χ4n) is 1.68. The third-order valence-electron chi connectivity index (χ3n) is 2.55. The second kappa shape index (κ2) is 5.26. The fourth-order valence-corrected chi connectivity index (χ4v) is 2.18. The summed E-state index contributed by atoms with van der Waals surface area (Å²) in [6, 6.07) is 4.41. The van der Waals surface area contributed by atoms with Crippen LogP contribution in [0, 0.1) is 10.1 Å². The molecule has 0 aliphatic rings. The molecule has 0 spiro atoms. The van der Waals surface area contributed by atoms with Gasteiger partial charge in [-0.1, -0.05) is 15.9 Å². The number of ether oxygens (including phenoxy) is 1. The number of rotatable bonds is 3. The zero-order valence-electron chi connectivity index (χ0n) is 10.1. The number of benzene rings is 1. The molecule has 0 aliphatic carbocycles. The van der Waals surface area contributed by atoms with E-state index in [9.17, 15) is 10.1 Å². The predicted octanol–water partition coefficient (Wildman–Crippen LogP) is 3.47. The van der Waals surface area contributed by atoms with Crippen LogP contribution in [0.2, 0.25) is 5.28 Å². The van der Waals surface area contributed by atoms with E-state index in [0.29, 0.717) is 15.6 Å². The van der Waals surface area contributed by atoms with E-state index in [0.717, 1.165) is 0 Å². The number of nitrogens with one attached hydrogen (secondary N) is 1. The van der Waals surface area contributed by atoms with Crippen molar-refractivity contribution in [2.75, 3.05) is 0 Å². The third-order valence-corrected chi connectivity index (χ3v) is 3.21. The molecule has 0 unspecified atom stereocenters. The summed E-state index contributed by atoms with van der Waals surface area (Å²) >= 11 is 8.95. The summed E-state index contributed by atoms with van der Waals surface area (Å²) in [5.74, 6) is 0.0989. The van der Waals surface area contributed by atoms with E-state index < -0.39 is 4.92 Å². The largest absolute Gasteiger partial charge is 0.430 e. The molecule has 2 heterocycles. The summed E-state index contributed by atoms with van der Waals surface area (Å²) < 4.78 is 6.07. The van der Waals surface area contributed by atoms with Gasteiger partial charge in [0.1, 0.15) is 5.52 Å². The molecule has 0 radical (unpaired) electrons. The van der Waals surface area contributed by atoms with E-state index >= 15 is 0 Å². The molecule has 3 rings (SSSR count). The number of imidazole rings is 1. The Morgan fingerprint density at radius 3 is 2.95 bits per heavy atom. The van der Waals surface area contributed by atoms with E-state index in [-0.39, 0.29) is 22.6 Å². The summed E-state index contributed by atoms with van der Waals surface area (Å²) in [6.07, 6.45) is 1.40. The number of halogens is 2.